The first-order valence-electron chi connectivity index (χ1n) is 7.18. The molecule has 0 bridgehead atoms. The number of ether oxygens (including phenoxy) is 1. The van der Waals surface area contributed by atoms with Gasteiger partial charge in [-0.15, -0.1) is 0 Å². The zero-order chi connectivity index (χ0) is 14.8. The smallest absolute Gasteiger partial charge is 0.371 e. The Morgan fingerprint density at radius 1 is 1.43 bits per heavy atom. The van der Waals surface area contributed by atoms with Crippen molar-refractivity contribution in [3.05, 3.63) is 35.6 Å². The maximum Gasteiger partial charge on any atom is 0.371 e. The van der Waals surface area contributed by atoms with Crippen molar-refractivity contribution >= 4 is 16.9 Å². The molecule has 0 radical (unpaired) electrons. The Bertz CT molecular complexity index is 643. The fourth-order valence-electron chi connectivity index (χ4n) is 2.81. The Hall–Kier alpha value is -1.85. The van der Waals surface area contributed by atoms with Crippen LogP contribution in [0.2, 0.25) is 0 Å². The van der Waals surface area contributed by atoms with E-state index in [4.69, 9.17) is 14.3 Å². The second kappa shape index (κ2) is 5.87. The molecule has 5 nitrogen and oxygen atoms in total. The summed E-state index contributed by atoms with van der Waals surface area (Å²) in [5, 5.41) is 9.77. The van der Waals surface area contributed by atoms with E-state index in [1.54, 1.807) is 6.07 Å². The normalized spacial score (nSPS) is 18.7. The number of carboxylic acids is 1. The fraction of sp³-hybridized carbons (Fsp3) is 0.438. The van der Waals surface area contributed by atoms with Gasteiger partial charge >= 0.3 is 5.97 Å². The van der Waals surface area contributed by atoms with Crippen LogP contribution in [0, 0.1) is 0 Å². The fourth-order valence-corrected chi connectivity index (χ4v) is 2.81. The van der Waals surface area contributed by atoms with Crippen molar-refractivity contribution in [1.82, 2.24) is 4.90 Å². The van der Waals surface area contributed by atoms with E-state index >= 15 is 0 Å². The first kappa shape index (κ1) is 14.1. The van der Waals surface area contributed by atoms with Gasteiger partial charge in [0.05, 0.1) is 6.10 Å². The lowest BCUT2D eigenvalue weighted by atomic mass is 10.1. The number of hydrogen-bond donors (Lipinski definition) is 1. The molecule has 1 fully saturated rings. The van der Waals surface area contributed by atoms with Crippen molar-refractivity contribution in [1.29, 1.82) is 0 Å². The number of fused-ring (bicyclic) bond motifs is 1. The van der Waals surface area contributed by atoms with Gasteiger partial charge in [-0.05, 0) is 43.7 Å². The molecule has 1 saturated heterocycles. The summed E-state index contributed by atoms with van der Waals surface area (Å²) in [6.07, 6.45) is 2.62. The number of rotatable bonds is 5. The van der Waals surface area contributed by atoms with Crippen molar-refractivity contribution in [2.45, 2.75) is 25.5 Å². The molecule has 1 aliphatic rings. The highest BCUT2D eigenvalue weighted by Gasteiger charge is 2.17. The third-order valence-corrected chi connectivity index (χ3v) is 3.78. The van der Waals surface area contributed by atoms with E-state index in [1.165, 1.54) is 0 Å². The predicted molar refractivity (Wildman–Crippen MR) is 78.5 cm³/mol. The number of carboxylic acid groups (broad SMARTS) is 1. The van der Waals surface area contributed by atoms with Crippen LogP contribution in [0.5, 0.6) is 0 Å². The van der Waals surface area contributed by atoms with Crippen LogP contribution >= 0.6 is 0 Å². The zero-order valence-electron chi connectivity index (χ0n) is 12.0. The van der Waals surface area contributed by atoms with Crippen LogP contribution in [0.1, 0.15) is 29.0 Å². The van der Waals surface area contributed by atoms with Gasteiger partial charge in [-0.3, -0.25) is 4.90 Å². The summed E-state index contributed by atoms with van der Waals surface area (Å²) in [6, 6.07) is 7.36. The first-order chi connectivity index (χ1) is 10.1. The van der Waals surface area contributed by atoms with Gasteiger partial charge in [0.25, 0.3) is 0 Å². The largest absolute Gasteiger partial charge is 0.475 e. The van der Waals surface area contributed by atoms with E-state index in [0.29, 0.717) is 11.7 Å². The summed E-state index contributed by atoms with van der Waals surface area (Å²) in [5.41, 5.74) is 1.75. The molecule has 1 N–H and O–H groups in total. The average Bonchev–Trinajstić information content (AvgIpc) is 3.06. The number of aromatic carboxylic acids is 1. The van der Waals surface area contributed by atoms with Crippen molar-refractivity contribution < 1.29 is 19.1 Å². The maximum absolute atomic E-state index is 10.9. The highest BCUT2D eigenvalue weighted by atomic mass is 16.5. The molecular formula is C16H19NO4. The summed E-state index contributed by atoms with van der Waals surface area (Å²) in [7, 11) is 2.07. The summed E-state index contributed by atoms with van der Waals surface area (Å²) in [4.78, 5) is 13.1. The van der Waals surface area contributed by atoms with Gasteiger partial charge < -0.3 is 14.3 Å². The molecule has 0 aliphatic carbocycles. The van der Waals surface area contributed by atoms with Crippen LogP contribution in [-0.2, 0) is 11.3 Å². The molecule has 0 amide bonds. The second-order valence-electron chi connectivity index (χ2n) is 5.62. The van der Waals surface area contributed by atoms with E-state index in [9.17, 15) is 4.79 Å². The Morgan fingerprint density at radius 2 is 2.29 bits per heavy atom. The molecule has 5 heteroatoms. The highest BCUT2D eigenvalue weighted by Crippen LogP contribution is 2.22. The lowest BCUT2D eigenvalue weighted by molar-refractivity contribution is 0.0665. The topological polar surface area (TPSA) is 62.9 Å². The average molecular weight is 289 g/mol. The van der Waals surface area contributed by atoms with Crippen LogP contribution in [0.25, 0.3) is 11.0 Å². The number of likely N-dealkylation sites (N-methyl/N-ethyl adjacent to an activating group) is 1. The lowest BCUT2D eigenvalue weighted by Crippen LogP contribution is -2.28. The molecule has 21 heavy (non-hydrogen) atoms. The van der Waals surface area contributed by atoms with Gasteiger partial charge in [0.1, 0.15) is 5.58 Å². The highest BCUT2D eigenvalue weighted by molar-refractivity contribution is 5.91. The van der Waals surface area contributed by atoms with Crippen LogP contribution in [0.3, 0.4) is 0 Å². The number of hydrogen-bond acceptors (Lipinski definition) is 4. The second-order valence-corrected chi connectivity index (χ2v) is 5.62. The van der Waals surface area contributed by atoms with E-state index < -0.39 is 5.97 Å². The Kier molecular flexibility index (Phi) is 3.94. The molecule has 2 aromatic rings. The minimum Gasteiger partial charge on any atom is -0.475 e. The van der Waals surface area contributed by atoms with Crippen LogP contribution in [0.4, 0.5) is 0 Å². The third-order valence-electron chi connectivity index (χ3n) is 3.78. The SMILES string of the molecule is CN(Cc1ccc2oc(C(=O)O)cc2c1)CC1CCCO1. The van der Waals surface area contributed by atoms with Gasteiger partial charge in [-0.25, -0.2) is 4.79 Å². The van der Waals surface area contributed by atoms with Gasteiger partial charge in [0, 0.05) is 25.1 Å². The number of nitrogens with zero attached hydrogens (tertiary/aromatic N) is 1. The van der Waals surface area contributed by atoms with Gasteiger partial charge in [0.2, 0.25) is 5.76 Å². The molecule has 0 saturated carbocycles. The Balaban J connectivity index is 1.69. The van der Waals surface area contributed by atoms with Gasteiger partial charge in [-0.1, -0.05) is 6.07 Å². The minimum absolute atomic E-state index is 0.0186. The molecule has 1 aromatic carbocycles. The minimum atomic E-state index is -1.04. The van der Waals surface area contributed by atoms with Crippen LogP contribution in [-0.4, -0.2) is 42.3 Å². The summed E-state index contributed by atoms with van der Waals surface area (Å²) < 4.78 is 10.9. The molecule has 1 unspecified atom stereocenters. The Morgan fingerprint density at radius 3 is 3.00 bits per heavy atom. The molecule has 1 aromatic heterocycles. The van der Waals surface area contributed by atoms with E-state index in [-0.39, 0.29) is 5.76 Å². The quantitative estimate of drug-likeness (QED) is 0.917. The Labute approximate surface area is 123 Å². The van der Waals surface area contributed by atoms with Gasteiger partial charge in [0.15, 0.2) is 0 Å². The molecule has 2 heterocycles. The summed E-state index contributed by atoms with van der Waals surface area (Å²) in [5.74, 6) is -1.06. The van der Waals surface area contributed by atoms with E-state index in [1.807, 2.05) is 18.2 Å². The predicted octanol–water partition coefficient (Wildman–Crippen LogP) is 2.74. The summed E-state index contributed by atoms with van der Waals surface area (Å²) in [6.45, 7) is 2.60. The van der Waals surface area contributed by atoms with Crippen molar-refractivity contribution in [3.8, 4) is 0 Å². The van der Waals surface area contributed by atoms with Gasteiger partial charge in [-0.2, -0.15) is 0 Å². The van der Waals surface area contributed by atoms with E-state index in [0.717, 1.165) is 43.5 Å². The van der Waals surface area contributed by atoms with Crippen molar-refractivity contribution in [3.63, 3.8) is 0 Å². The number of carbonyl (C=O) groups is 1. The van der Waals surface area contributed by atoms with Crippen molar-refractivity contribution in [2.75, 3.05) is 20.2 Å². The first-order valence-corrected chi connectivity index (χ1v) is 7.18. The third kappa shape index (κ3) is 3.25. The molecule has 1 atom stereocenters. The summed E-state index contributed by atoms with van der Waals surface area (Å²) >= 11 is 0. The monoisotopic (exact) mass is 289 g/mol. The number of furan rings is 1. The standard InChI is InChI=1S/C16H19NO4/c1-17(10-13-3-2-6-20-13)9-11-4-5-14-12(7-11)8-15(21-14)16(18)19/h4-5,7-8,13H,2-3,6,9-10H2,1H3,(H,18,19). The molecule has 112 valence electrons. The van der Waals surface area contributed by atoms with E-state index in [2.05, 4.69) is 11.9 Å². The van der Waals surface area contributed by atoms with Crippen molar-refractivity contribution in [2.24, 2.45) is 0 Å². The van der Waals surface area contributed by atoms with Crippen LogP contribution in [0.15, 0.2) is 28.7 Å². The number of benzene rings is 1. The van der Waals surface area contributed by atoms with Crippen LogP contribution < -0.4 is 0 Å². The molecule has 0 spiro atoms. The maximum atomic E-state index is 10.9. The molecule has 1 aliphatic heterocycles. The molecular weight excluding hydrogens is 270 g/mol. The zero-order valence-corrected chi connectivity index (χ0v) is 12.0. The lowest BCUT2D eigenvalue weighted by Gasteiger charge is -2.20. The molecule has 3 rings (SSSR count).